The number of anilines is 2. The predicted octanol–water partition coefficient (Wildman–Crippen LogP) is 2.79. The average Bonchev–Trinajstić information content (AvgIpc) is 2.47. The second-order valence-corrected chi connectivity index (χ2v) is 7.02. The van der Waals surface area contributed by atoms with Crippen LogP contribution in [0.5, 0.6) is 0 Å². The number of pyridine rings is 1. The number of carbonyl (C=O) groups excluding carboxylic acids is 1. The number of hydrogen-bond donors (Lipinski definition) is 2. The summed E-state index contributed by atoms with van der Waals surface area (Å²) in [6, 6.07) is 9.93. The van der Waals surface area contributed by atoms with E-state index in [9.17, 15) is 13.2 Å². The van der Waals surface area contributed by atoms with Gasteiger partial charge in [0.1, 0.15) is 5.82 Å². The fraction of sp³-hybridized carbons (Fsp3) is 0.250. The Kier molecular flexibility index (Phi) is 5.33. The number of aryl methyl sites for hydroxylation is 1. The molecule has 1 heterocycles. The first-order valence-corrected chi connectivity index (χ1v) is 8.89. The highest BCUT2D eigenvalue weighted by Gasteiger charge is 2.11. The Bertz CT molecular complexity index is 804. The Hall–Kier alpha value is -2.41. The Labute approximate surface area is 136 Å². The molecule has 0 saturated carbocycles. The molecule has 2 N–H and O–H groups in total. The molecule has 1 aromatic heterocycles. The summed E-state index contributed by atoms with van der Waals surface area (Å²) in [5.41, 5.74) is 1.70. The maximum absolute atomic E-state index is 12.2. The van der Waals surface area contributed by atoms with Crippen LogP contribution in [0.2, 0.25) is 0 Å². The van der Waals surface area contributed by atoms with Gasteiger partial charge in [-0.1, -0.05) is 13.0 Å². The molecule has 0 atom stereocenters. The van der Waals surface area contributed by atoms with E-state index in [1.165, 1.54) is 6.07 Å². The van der Waals surface area contributed by atoms with Crippen LogP contribution in [0.15, 0.2) is 42.6 Å². The maximum atomic E-state index is 12.2. The fourth-order valence-electron chi connectivity index (χ4n) is 2.02. The quantitative estimate of drug-likeness (QED) is 0.851. The van der Waals surface area contributed by atoms with Crippen LogP contribution in [-0.4, -0.2) is 25.1 Å². The van der Waals surface area contributed by atoms with Gasteiger partial charge >= 0.3 is 0 Å². The van der Waals surface area contributed by atoms with Crippen molar-refractivity contribution in [2.75, 3.05) is 15.8 Å². The predicted molar refractivity (Wildman–Crippen MR) is 91.1 cm³/mol. The van der Waals surface area contributed by atoms with Gasteiger partial charge in [0.25, 0.3) is 5.91 Å². The smallest absolute Gasteiger partial charge is 0.256 e. The highest BCUT2D eigenvalue weighted by atomic mass is 32.2. The first-order chi connectivity index (χ1) is 10.9. The van der Waals surface area contributed by atoms with Gasteiger partial charge < -0.3 is 5.32 Å². The summed E-state index contributed by atoms with van der Waals surface area (Å²) < 4.78 is 26.0. The number of nitrogens with zero attached hydrogens (tertiary/aromatic N) is 1. The molecule has 7 heteroatoms. The molecule has 0 aliphatic rings. The fourth-order valence-corrected chi connectivity index (χ4v) is 3.14. The molecule has 0 aliphatic heterocycles. The van der Waals surface area contributed by atoms with Crippen molar-refractivity contribution in [3.63, 3.8) is 0 Å². The summed E-state index contributed by atoms with van der Waals surface area (Å²) in [4.78, 5) is 16.3. The average molecular weight is 333 g/mol. The highest BCUT2D eigenvalue weighted by molar-refractivity contribution is 7.92. The summed E-state index contributed by atoms with van der Waals surface area (Å²) in [6.45, 7) is 3.69. The van der Waals surface area contributed by atoms with Crippen molar-refractivity contribution in [1.82, 2.24) is 4.98 Å². The van der Waals surface area contributed by atoms with Crippen molar-refractivity contribution in [3.8, 4) is 0 Å². The topological polar surface area (TPSA) is 88.2 Å². The van der Waals surface area contributed by atoms with E-state index in [1.807, 2.05) is 13.0 Å². The summed E-state index contributed by atoms with van der Waals surface area (Å²) >= 11 is 0. The van der Waals surface area contributed by atoms with Crippen LogP contribution in [0.3, 0.4) is 0 Å². The van der Waals surface area contributed by atoms with Crippen molar-refractivity contribution in [2.45, 2.75) is 20.3 Å². The maximum Gasteiger partial charge on any atom is 0.256 e. The molecule has 0 bridgehead atoms. The molecule has 0 aliphatic carbocycles. The summed E-state index contributed by atoms with van der Waals surface area (Å²) in [6.07, 6.45) is 2.13. The van der Waals surface area contributed by atoms with Crippen LogP contribution >= 0.6 is 0 Å². The highest BCUT2D eigenvalue weighted by Crippen LogP contribution is 2.15. The Morgan fingerprint density at radius 1 is 1.22 bits per heavy atom. The second-order valence-electron chi connectivity index (χ2n) is 5.17. The van der Waals surface area contributed by atoms with E-state index in [4.69, 9.17) is 0 Å². The zero-order chi connectivity index (χ0) is 16.9. The van der Waals surface area contributed by atoms with Crippen LogP contribution in [0.1, 0.15) is 29.3 Å². The van der Waals surface area contributed by atoms with E-state index in [0.29, 0.717) is 23.5 Å². The molecule has 6 nitrogen and oxygen atoms in total. The van der Waals surface area contributed by atoms with Crippen LogP contribution in [0, 0.1) is 6.92 Å². The summed E-state index contributed by atoms with van der Waals surface area (Å²) in [7, 11) is -3.39. The lowest BCUT2D eigenvalue weighted by molar-refractivity contribution is 0.102. The van der Waals surface area contributed by atoms with Gasteiger partial charge in [-0.15, -0.1) is 0 Å². The van der Waals surface area contributed by atoms with Crippen molar-refractivity contribution in [2.24, 2.45) is 0 Å². The molecule has 0 spiro atoms. The van der Waals surface area contributed by atoms with Crippen LogP contribution < -0.4 is 10.0 Å². The van der Waals surface area contributed by atoms with Gasteiger partial charge in [0.2, 0.25) is 10.0 Å². The van der Waals surface area contributed by atoms with E-state index >= 15 is 0 Å². The van der Waals surface area contributed by atoms with Crippen molar-refractivity contribution >= 4 is 27.4 Å². The minimum Gasteiger partial charge on any atom is -0.307 e. The van der Waals surface area contributed by atoms with Gasteiger partial charge in [0.15, 0.2) is 0 Å². The van der Waals surface area contributed by atoms with Gasteiger partial charge in [-0.25, -0.2) is 13.4 Å². The molecule has 2 rings (SSSR count). The Balaban J connectivity index is 2.14. The van der Waals surface area contributed by atoms with E-state index in [0.717, 1.165) is 5.56 Å². The van der Waals surface area contributed by atoms with E-state index in [2.05, 4.69) is 15.0 Å². The number of benzene rings is 1. The number of sulfonamides is 1. The largest absolute Gasteiger partial charge is 0.307 e. The van der Waals surface area contributed by atoms with Gasteiger partial charge in [0, 0.05) is 17.4 Å². The van der Waals surface area contributed by atoms with Crippen LogP contribution in [0.25, 0.3) is 0 Å². The number of aromatic nitrogens is 1. The number of rotatable bonds is 6. The molecule has 1 aromatic carbocycles. The standard InChI is InChI=1S/C16H19N3O3S/c1-3-9-23(21,22)19-14-6-4-5-13(11-14)16(20)18-15-10-12(2)7-8-17-15/h4-8,10-11,19H,3,9H2,1-2H3,(H,17,18,20). The zero-order valence-corrected chi connectivity index (χ0v) is 13.9. The molecule has 0 saturated heterocycles. The molecule has 0 radical (unpaired) electrons. The van der Waals surface area contributed by atoms with Crippen LogP contribution in [-0.2, 0) is 10.0 Å². The van der Waals surface area contributed by atoms with Crippen LogP contribution in [0.4, 0.5) is 11.5 Å². The lowest BCUT2D eigenvalue weighted by Gasteiger charge is -2.09. The molecule has 0 unspecified atom stereocenters. The van der Waals surface area contributed by atoms with E-state index in [-0.39, 0.29) is 11.7 Å². The van der Waals surface area contributed by atoms with Crippen molar-refractivity contribution < 1.29 is 13.2 Å². The third kappa shape index (κ3) is 5.07. The second kappa shape index (κ2) is 7.23. The Morgan fingerprint density at radius 3 is 2.70 bits per heavy atom. The van der Waals surface area contributed by atoms with Crippen molar-refractivity contribution in [3.05, 3.63) is 53.7 Å². The lowest BCUT2D eigenvalue weighted by Crippen LogP contribution is -2.17. The van der Waals surface area contributed by atoms with E-state index < -0.39 is 10.0 Å². The minimum absolute atomic E-state index is 0.0383. The molecule has 1 amide bonds. The summed E-state index contributed by atoms with van der Waals surface area (Å²) in [5.74, 6) is 0.142. The van der Waals surface area contributed by atoms with Gasteiger partial charge in [-0.2, -0.15) is 0 Å². The number of amides is 1. The minimum atomic E-state index is -3.39. The third-order valence-corrected chi connectivity index (χ3v) is 4.52. The van der Waals surface area contributed by atoms with E-state index in [1.54, 1.807) is 37.4 Å². The number of nitrogens with one attached hydrogen (secondary N) is 2. The van der Waals surface area contributed by atoms with Gasteiger partial charge in [-0.05, 0) is 49.2 Å². The molecule has 23 heavy (non-hydrogen) atoms. The molecular weight excluding hydrogens is 314 g/mol. The van der Waals surface area contributed by atoms with Gasteiger partial charge in [-0.3, -0.25) is 9.52 Å². The summed E-state index contributed by atoms with van der Waals surface area (Å²) in [5, 5.41) is 2.69. The molecular formula is C16H19N3O3S. The third-order valence-electron chi connectivity index (χ3n) is 3.03. The van der Waals surface area contributed by atoms with Crippen molar-refractivity contribution in [1.29, 1.82) is 0 Å². The lowest BCUT2D eigenvalue weighted by atomic mass is 10.2. The zero-order valence-electron chi connectivity index (χ0n) is 13.0. The van der Waals surface area contributed by atoms with Gasteiger partial charge in [0.05, 0.1) is 5.75 Å². The molecule has 0 fully saturated rings. The molecule has 2 aromatic rings. The SMILES string of the molecule is CCCS(=O)(=O)Nc1cccc(C(=O)Nc2cc(C)ccn2)c1. The molecule has 122 valence electrons. The first-order valence-electron chi connectivity index (χ1n) is 7.24. The monoisotopic (exact) mass is 333 g/mol. The number of hydrogen-bond acceptors (Lipinski definition) is 4. The Morgan fingerprint density at radius 2 is 2.00 bits per heavy atom. The normalized spacial score (nSPS) is 11.0. The number of carbonyl (C=O) groups is 1. The first kappa shape index (κ1) is 17.0.